The van der Waals surface area contributed by atoms with Gasteiger partial charge >= 0.3 is 0 Å². The Hall–Kier alpha value is -3.92. The lowest BCUT2D eigenvalue weighted by atomic mass is 10.1. The molecule has 3 aromatic carbocycles. The van der Waals surface area contributed by atoms with Gasteiger partial charge in [-0.2, -0.15) is 0 Å². The van der Waals surface area contributed by atoms with Gasteiger partial charge in [-0.05, 0) is 42.3 Å². The molecule has 0 saturated heterocycles. The molecule has 1 atom stereocenters. The second-order valence-electron chi connectivity index (χ2n) is 7.76. The van der Waals surface area contributed by atoms with Gasteiger partial charge in [-0.1, -0.05) is 48.2 Å². The van der Waals surface area contributed by atoms with Crippen molar-refractivity contribution in [2.24, 2.45) is 7.05 Å². The van der Waals surface area contributed by atoms with Gasteiger partial charge < -0.3 is 14.6 Å². The van der Waals surface area contributed by atoms with Crippen LogP contribution in [0, 0.1) is 17.0 Å². The highest BCUT2D eigenvalue weighted by atomic mass is 32.2. The summed E-state index contributed by atoms with van der Waals surface area (Å²) in [6.45, 7) is 3.75. The van der Waals surface area contributed by atoms with Crippen LogP contribution >= 0.6 is 11.8 Å². The number of benzene rings is 3. The number of nitrogens with one attached hydrogen (secondary N) is 1. The predicted octanol–water partition coefficient (Wildman–Crippen LogP) is 4.88. The first kappa shape index (κ1) is 23.2. The number of nitro benzene ring substituents is 1. The number of carbonyl (C=O) groups excluding carboxylic acids is 1. The van der Waals surface area contributed by atoms with Crippen molar-refractivity contribution >= 4 is 39.8 Å². The summed E-state index contributed by atoms with van der Waals surface area (Å²) in [5, 5.41) is 24.5. The van der Waals surface area contributed by atoms with Crippen LogP contribution in [0.25, 0.3) is 10.8 Å². The molecule has 0 aliphatic rings. The molecule has 4 aromatic rings. The van der Waals surface area contributed by atoms with Crippen molar-refractivity contribution in [3.63, 3.8) is 0 Å². The zero-order chi connectivity index (χ0) is 24.2. The van der Waals surface area contributed by atoms with E-state index in [2.05, 4.69) is 15.5 Å². The van der Waals surface area contributed by atoms with E-state index in [0.717, 1.165) is 22.1 Å². The maximum absolute atomic E-state index is 12.7. The van der Waals surface area contributed by atoms with E-state index in [1.54, 1.807) is 24.5 Å². The Kier molecular flexibility index (Phi) is 6.78. The number of anilines is 1. The van der Waals surface area contributed by atoms with Crippen LogP contribution in [-0.2, 0) is 18.4 Å². The SMILES string of the molecule is Cc1ccc([N+](=O)[O-])cc1NC(=O)C(C)Sc1nnc(COc2ccc3ccccc3c2)n1C. The fraction of sp³-hybridized carbons (Fsp3) is 0.208. The molecular weight excluding hydrogens is 454 g/mol. The second-order valence-corrected chi connectivity index (χ2v) is 9.07. The lowest BCUT2D eigenvalue weighted by molar-refractivity contribution is -0.384. The van der Waals surface area contributed by atoms with Crippen LogP contribution in [0.2, 0.25) is 0 Å². The first-order valence-electron chi connectivity index (χ1n) is 10.5. The number of carbonyl (C=O) groups is 1. The average molecular weight is 478 g/mol. The van der Waals surface area contributed by atoms with Crippen molar-refractivity contribution in [2.45, 2.75) is 30.9 Å². The molecule has 9 nitrogen and oxygen atoms in total. The number of amides is 1. The molecule has 1 N–H and O–H groups in total. The molecule has 1 unspecified atom stereocenters. The van der Waals surface area contributed by atoms with Crippen molar-refractivity contribution in [1.29, 1.82) is 0 Å². The van der Waals surface area contributed by atoms with Crippen LogP contribution in [0.1, 0.15) is 18.3 Å². The summed E-state index contributed by atoms with van der Waals surface area (Å²) in [4.78, 5) is 23.2. The third-order valence-electron chi connectivity index (χ3n) is 5.36. The summed E-state index contributed by atoms with van der Waals surface area (Å²) in [5.74, 6) is 1.07. The molecule has 10 heteroatoms. The van der Waals surface area contributed by atoms with Crippen molar-refractivity contribution < 1.29 is 14.5 Å². The normalized spacial score (nSPS) is 11.9. The number of hydrogen-bond acceptors (Lipinski definition) is 7. The fourth-order valence-corrected chi connectivity index (χ4v) is 4.12. The molecule has 0 aliphatic heterocycles. The number of aryl methyl sites for hydroxylation is 1. The number of nitro groups is 1. The number of nitrogens with zero attached hydrogens (tertiary/aromatic N) is 4. The maximum Gasteiger partial charge on any atom is 0.271 e. The van der Waals surface area contributed by atoms with Gasteiger partial charge in [-0.3, -0.25) is 14.9 Å². The predicted molar refractivity (Wildman–Crippen MR) is 131 cm³/mol. The van der Waals surface area contributed by atoms with Crippen molar-refractivity contribution in [3.05, 3.63) is 82.2 Å². The number of hydrogen-bond donors (Lipinski definition) is 1. The number of fused-ring (bicyclic) bond motifs is 1. The van der Waals surface area contributed by atoms with E-state index >= 15 is 0 Å². The summed E-state index contributed by atoms with van der Waals surface area (Å²) >= 11 is 1.25. The zero-order valence-corrected chi connectivity index (χ0v) is 19.7. The van der Waals surface area contributed by atoms with Gasteiger partial charge in [0.25, 0.3) is 5.69 Å². The van der Waals surface area contributed by atoms with Gasteiger partial charge in [0.2, 0.25) is 5.91 Å². The van der Waals surface area contributed by atoms with E-state index in [1.807, 2.05) is 49.5 Å². The Morgan fingerprint density at radius 2 is 1.91 bits per heavy atom. The summed E-state index contributed by atoms with van der Waals surface area (Å²) < 4.78 is 7.69. The third-order valence-corrected chi connectivity index (χ3v) is 6.49. The molecule has 1 aromatic heterocycles. The molecule has 4 rings (SSSR count). The van der Waals surface area contributed by atoms with E-state index < -0.39 is 10.2 Å². The molecule has 174 valence electrons. The highest BCUT2D eigenvalue weighted by molar-refractivity contribution is 8.00. The summed E-state index contributed by atoms with van der Waals surface area (Å²) in [5.41, 5.74) is 1.07. The van der Waals surface area contributed by atoms with E-state index in [0.29, 0.717) is 16.7 Å². The first-order chi connectivity index (χ1) is 16.3. The van der Waals surface area contributed by atoms with Crippen LogP contribution in [0.3, 0.4) is 0 Å². The summed E-state index contributed by atoms with van der Waals surface area (Å²) in [7, 11) is 1.82. The van der Waals surface area contributed by atoms with Crippen molar-refractivity contribution in [3.8, 4) is 5.75 Å². The highest BCUT2D eigenvalue weighted by Crippen LogP contribution is 2.26. The minimum atomic E-state index is -0.504. The van der Waals surface area contributed by atoms with Crippen LogP contribution in [-0.4, -0.2) is 30.8 Å². The minimum Gasteiger partial charge on any atom is -0.486 e. The second kappa shape index (κ2) is 9.92. The van der Waals surface area contributed by atoms with Crippen molar-refractivity contribution in [2.75, 3.05) is 5.32 Å². The lowest BCUT2D eigenvalue weighted by Crippen LogP contribution is -2.23. The van der Waals surface area contributed by atoms with Gasteiger partial charge in [0.15, 0.2) is 11.0 Å². The topological polar surface area (TPSA) is 112 Å². The third kappa shape index (κ3) is 5.18. The molecule has 1 amide bonds. The number of thioether (sulfide) groups is 1. The Morgan fingerprint density at radius 3 is 2.68 bits per heavy atom. The summed E-state index contributed by atoms with van der Waals surface area (Å²) in [6, 6.07) is 18.3. The van der Waals surface area contributed by atoms with E-state index in [1.165, 1.54) is 23.9 Å². The van der Waals surface area contributed by atoms with Gasteiger partial charge in [-0.25, -0.2) is 0 Å². The number of ether oxygens (including phenoxy) is 1. The standard InChI is InChI=1S/C24H23N5O4S/c1-15-8-10-19(29(31)32)13-21(15)25-23(30)16(2)34-24-27-26-22(28(24)3)14-33-20-11-9-17-6-4-5-7-18(17)12-20/h4-13,16H,14H2,1-3H3,(H,25,30). The fourth-order valence-electron chi connectivity index (χ4n) is 3.28. The maximum atomic E-state index is 12.7. The number of non-ortho nitro benzene ring substituents is 1. The molecule has 34 heavy (non-hydrogen) atoms. The Morgan fingerprint density at radius 1 is 1.15 bits per heavy atom. The molecule has 0 spiro atoms. The van der Waals surface area contributed by atoms with Gasteiger partial charge in [0.1, 0.15) is 12.4 Å². The van der Waals surface area contributed by atoms with Crippen LogP contribution in [0.15, 0.2) is 65.8 Å². The molecular formula is C24H23N5O4S. The van der Waals surface area contributed by atoms with E-state index in [9.17, 15) is 14.9 Å². The van der Waals surface area contributed by atoms with Gasteiger partial charge in [-0.15, -0.1) is 10.2 Å². The quantitative estimate of drug-likeness (QED) is 0.219. The molecule has 1 heterocycles. The van der Waals surface area contributed by atoms with Gasteiger partial charge in [0.05, 0.1) is 15.9 Å². The molecule has 0 fully saturated rings. The summed E-state index contributed by atoms with van der Waals surface area (Å²) in [6.07, 6.45) is 0. The van der Waals surface area contributed by atoms with E-state index in [4.69, 9.17) is 4.74 Å². The smallest absolute Gasteiger partial charge is 0.271 e. The number of aromatic nitrogens is 3. The monoisotopic (exact) mass is 477 g/mol. The van der Waals surface area contributed by atoms with Crippen molar-refractivity contribution in [1.82, 2.24) is 14.8 Å². The average Bonchev–Trinajstić information content (AvgIpc) is 3.17. The lowest BCUT2D eigenvalue weighted by Gasteiger charge is -2.13. The van der Waals surface area contributed by atoms with Crippen LogP contribution in [0.4, 0.5) is 11.4 Å². The molecule has 0 bridgehead atoms. The Balaban J connectivity index is 1.38. The molecule has 0 saturated carbocycles. The number of rotatable bonds is 8. The Labute approximate surface area is 200 Å². The molecule has 0 radical (unpaired) electrons. The first-order valence-corrected chi connectivity index (χ1v) is 11.4. The van der Waals surface area contributed by atoms with Crippen LogP contribution < -0.4 is 10.1 Å². The van der Waals surface area contributed by atoms with E-state index in [-0.39, 0.29) is 18.2 Å². The van der Waals surface area contributed by atoms with Crippen LogP contribution in [0.5, 0.6) is 5.75 Å². The van der Waals surface area contributed by atoms with Gasteiger partial charge in [0, 0.05) is 19.2 Å². The zero-order valence-electron chi connectivity index (χ0n) is 18.9. The highest BCUT2D eigenvalue weighted by Gasteiger charge is 2.20. The molecule has 0 aliphatic carbocycles. The Bertz CT molecular complexity index is 1370. The largest absolute Gasteiger partial charge is 0.486 e. The minimum absolute atomic E-state index is 0.0782.